The van der Waals surface area contributed by atoms with Crippen molar-refractivity contribution in [3.8, 4) is 0 Å². The number of carboxylic acid groups (broad SMARTS) is 1. The van der Waals surface area contributed by atoms with Crippen LogP contribution in [0.15, 0.2) is 18.2 Å². The lowest BCUT2D eigenvalue weighted by Gasteiger charge is -2.11. The van der Waals surface area contributed by atoms with E-state index in [9.17, 15) is 14.7 Å². The minimum Gasteiger partial charge on any atom is -0.478 e. The lowest BCUT2D eigenvalue weighted by atomic mass is 10.1. The molecule has 2 N–H and O–H groups in total. The first-order valence-corrected chi connectivity index (χ1v) is 7.48. The van der Waals surface area contributed by atoms with E-state index in [1.165, 1.54) is 23.5 Å². The molecule has 0 aliphatic rings. The highest BCUT2D eigenvalue weighted by atomic mass is 35.5. The molecule has 0 fully saturated rings. The molecule has 0 aliphatic carbocycles. The molecule has 0 aliphatic heterocycles. The van der Waals surface area contributed by atoms with Gasteiger partial charge in [0.25, 0.3) is 5.91 Å². The molecule has 0 spiro atoms. The van der Waals surface area contributed by atoms with Crippen LogP contribution in [0.2, 0.25) is 10.0 Å². The Morgan fingerprint density at radius 2 is 1.81 bits per heavy atom. The highest BCUT2D eigenvalue weighted by Gasteiger charge is 2.21. The molecule has 0 bridgehead atoms. The van der Waals surface area contributed by atoms with Crippen LogP contribution in [0, 0.1) is 13.8 Å². The molecule has 0 saturated carbocycles. The molecule has 21 heavy (non-hydrogen) atoms. The van der Waals surface area contributed by atoms with E-state index in [4.69, 9.17) is 23.2 Å². The van der Waals surface area contributed by atoms with E-state index in [1.54, 1.807) is 6.07 Å². The van der Waals surface area contributed by atoms with Crippen LogP contribution < -0.4 is 5.32 Å². The molecule has 2 aromatic rings. The van der Waals surface area contributed by atoms with Gasteiger partial charge in [-0.2, -0.15) is 0 Å². The molecule has 110 valence electrons. The number of benzene rings is 1. The van der Waals surface area contributed by atoms with Crippen LogP contribution in [0.1, 0.15) is 30.5 Å². The van der Waals surface area contributed by atoms with E-state index < -0.39 is 11.9 Å². The van der Waals surface area contributed by atoms with Gasteiger partial charge >= 0.3 is 5.97 Å². The third kappa shape index (κ3) is 3.20. The number of aromatic carboxylic acids is 1. The van der Waals surface area contributed by atoms with Crippen molar-refractivity contribution in [3.05, 3.63) is 49.1 Å². The zero-order chi connectivity index (χ0) is 15.7. The summed E-state index contributed by atoms with van der Waals surface area (Å²) in [5, 5.41) is 11.9. The number of anilines is 1. The van der Waals surface area contributed by atoms with Gasteiger partial charge in [0.1, 0.15) is 5.56 Å². The Morgan fingerprint density at radius 1 is 1.19 bits per heavy atom. The van der Waals surface area contributed by atoms with E-state index in [1.807, 2.05) is 13.8 Å². The van der Waals surface area contributed by atoms with E-state index in [2.05, 4.69) is 5.32 Å². The number of carbonyl (C=O) groups is 2. The topological polar surface area (TPSA) is 66.4 Å². The minimum atomic E-state index is -1.25. The second kappa shape index (κ2) is 6.05. The lowest BCUT2D eigenvalue weighted by molar-refractivity contribution is 0.0698. The molecule has 0 atom stereocenters. The Labute approximate surface area is 135 Å². The predicted molar refractivity (Wildman–Crippen MR) is 85.2 cm³/mol. The highest BCUT2D eigenvalue weighted by molar-refractivity contribution is 7.14. The summed E-state index contributed by atoms with van der Waals surface area (Å²) in [4.78, 5) is 25.0. The number of hydrogen-bond donors (Lipinski definition) is 2. The van der Waals surface area contributed by atoms with E-state index >= 15 is 0 Å². The summed E-state index contributed by atoms with van der Waals surface area (Å²) >= 11 is 13.2. The molecular formula is C14H11Cl2NO3S. The average molecular weight is 344 g/mol. The van der Waals surface area contributed by atoms with Gasteiger partial charge < -0.3 is 10.4 Å². The van der Waals surface area contributed by atoms with Crippen molar-refractivity contribution in [1.29, 1.82) is 0 Å². The smallest absolute Gasteiger partial charge is 0.339 e. The average Bonchev–Trinajstić information content (AvgIpc) is 2.73. The fourth-order valence-corrected chi connectivity index (χ4v) is 3.12. The molecule has 4 nitrogen and oxygen atoms in total. The van der Waals surface area contributed by atoms with Gasteiger partial charge in [-0.25, -0.2) is 4.79 Å². The van der Waals surface area contributed by atoms with Crippen molar-refractivity contribution in [2.75, 3.05) is 5.32 Å². The van der Waals surface area contributed by atoms with Crippen LogP contribution in [-0.4, -0.2) is 17.0 Å². The summed E-state index contributed by atoms with van der Waals surface area (Å²) in [5.41, 5.74) is 0.786. The molecule has 0 radical (unpaired) electrons. The molecule has 1 amide bonds. The van der Waals surface area contributed by atoms with E-state index in [0.717, 1.165) is 10.4 Å². The number of hydrogen-bond acceptors (Lipinski definition) is 3. The van der Waals surface area contributed by atoms with Crippen molar-refractivity contribution in [2.45, 2.75) is 13.8 Å². The van der Waals surface area contributed by atoms with Crippen molar-refractivity contribution in [2.24, 2.45) is 0 Å². The number of carbonyl (C=O) groups excluding carboxylic acids is 1. The van der Waals surface area contributed by atoms with Crippen LogP contribution in [0.25, 0.3) is 0 Å². The molecule has 0 unspecified atom stereocenters. The van der Waals surface area contributed by atoms with Gasteiger partial charge in [0.15, 0.2) is 0 Å². The van der Waals surface area contributed by atoms with Crippen molar-refractivity contribution in [3.63, 3.8) is 0 Å². The largest absolute Gasteiger partial charge is 0.478 e. The maximum Gasteiger partial charge on any atom is 0.339 e. The number of halogens is 2. The number of aryl methyl sites for hydroxylation is 2. The number of carboxylic acids is 1. The zero-order valence-corrected chi connectivity index (χ0v) is 13.5. The summed E-state index contributed by atoms with van der Waals surface area (Å²) in [6.07, 6.45) is 0. The fourth-order valence-electron chi connectivity index (χ4n) is 1.74. The maximum atomic E-state index is 12.2. The van der Waals surface area contributed by atoms with Crippen molar-refractivity contribution < 1.29 is 14.7 Å². The fraction of sp³-hybridized carbons (Fsp3) is 0.143. The first kappa shape index (κ1) is 15.8. The Bertz CT molecular complexity index is 721. The molecule has 2 rings (SSSR count). The van der Waals surface area contributed by atoms with Gasteiger partial charge in [-0.05, 0) is 37.6 Å². The third-order valence-electron chi connectivity index (χ3n) is 2.95. The predicted octanol–water partition coefficient (Wildman–Crippen LogP) is 4.62. The molecule has 0 saturated heterocycles. The van der Waals surface area contributed by atoms with Gasteiger partial charge in [0, 0.05) is 4.88 Å². The maximum absolute atomic E-state index is 12.2. The van der Waals surface area contributed by atoms with Crippen molar-refractivity contribution >= 4 is 52.1 Å². The second-order valence-corrected chi connectivity index (χ2v) is 6.46. The molecule has 1 heterocycles. The number of rotatable bonds is 3. The van der Waals surface area contributed by atoms with E-state index in [-0.39, 0.29) is 21.3 Å². The van der Waals surface area contributed by atoms with Crippen LogP contribution in [0.3, 0.4) is 0 Å². The third-order valence-corrected chi connectivity index (χ3v) is 4.73. The summed E-state index contributed by atoms with van der Waals surface area (Å²) in [6.45, 7) is 3.81. The summed E-state index contributed by atoms with van der Waals surface area (Å²) in [5.74, 6) is -1.67. The van der Waals surface area contributed by atoms with Gasteiger partial charge in [0.05, 0.1) is 20.6 Å². The first-order chi connectivity index (χ1) is 9.81. The Morgan fingerprint density at radius 3 is 2.33 bits per heavy atom. The number of amides is 1. The van der Waals surface area contributed by atoms with Crippen LogP contribution >= 0.6 is 34.5 Å². The second-order valence-electron chi connectivity index (χ2n) is 4.39. The van der Waals surface area contributed by atoms with Crippen LogP contribution in [0.4, 0.5) is 5.69 Å². The Kier molecular flexibility index (Phi) is 4.56. The summed E-state index contributed by atoms with van der Waals surface area (Å²) in [7, 11) is 0. The summed E-state index contributed by atoms with van der Waals surface area (Å²) < 4.78 is 0. The van der Waals surface area contributed by atoms with Gasteiger partial charge in [-0.1, -0.05) is 23.2 Å². The number of thiophene rings is 1. The molecule has 1 aromatic heterocycles. The first-order valence-electron chi connectivity index (χ1n) is 5.91. The Hall–Kier alpha value is -1.56. The highest BCUT2D eigenvalue weighted by Crippen LogP contribution is 2.33. The van der Waals surface area contributed by atoms with Gasteiger partial charge in [-0.15, -0.1) is 11.3 Å². The van der Waals surface area contributed by atoms with Crippen LogP contribution in [-0.2, 0) is 0 Å². The number of nitrogens with one attached hydrogen (secondary N) is 1. The SMILES string of the molecule is Cc1cc(C(=O)Nc2c(Cl)ccc(Cl)c2C(=O)O)sc1C. The quantitative estimate of drug-likeness (QED) is 0.854. The van der Waals surface area contributed by atoms with Crippen LogP contribution in [0.5, 0.6) is 0 Å². The minimum absolute atomic E-state index is 0.00497. The molecule has 1 aromatic carbocycles. The van der Waals surface area contributed by atoms with E-state index in [0.29, 0.717) is 4.88 Å². The molecular weight excluding hydrogens is 333 g/mol. The summed E-state index contributed by atoms with van der Waals surface area (Å²) in [6, 6.07) is 4.56. The van der Waals surface area contributed by atoms with Crippen molar-refractivity contribution in [1.82, 2.24) is 0 Å². The Balaban J connectivity index is 2.41. The van der Waals surface area contributed by atoms with Gasteiger partial charge in [0.2, 0.25) is 0 Å². The lowest BCUT2D eigenvalue weighted by Crippen LogP contribution is -2.14. The monoisotopic (exact) mass is 343 g/mol. The normalized spacial score (nSPS) is 10.5. The standard InChI is InChI=1S/C14H11Cl2NO3S/c1-6-5-10(21-7(6)2)13(18)17-12-9(16)4-3-8(15)11(12)14(19)20/h3-5H,1-2H3,(H,17,18)(H,19,20). The molecule has 7 heteroatoms. The zero-order valence-electron chi connectivity index (χ0n) is 11.2. The van der Waals surface area contributed by atoms with Gasteiger partial charge in [-0.3, -0.25) is 4.79 Å².